The number of nitrogens with one attached hydrogen (secondary N) is 1. The Morgan fingerprint density at radius 1 is 1.22 bits per heavy atom. The van der Waals surface area contributed by atoms with E-state index in [1.807, 2.05) is 24.3 Å². The Kier molecular flexibility index (Phi) is 7.95. The number of Topliss-reactive ketones (excluding diaryl/α,β-unsaturated/α-hetero) is 1. The Bertz CT molecular complexity index is 813. The van der Waals surface area contributed by atoms with Crippen molar-refractivity contribution in [3.8, 4) is 5.75 Å². The fourth-order valence-electron chi connectivity index (χ4n) is 3.30. The molecule has 2 aromatic carbocycles. The van der Waals surface area contributed by atoms with E-state index in [1.165, 1.54) is 0 Å². The summed E-state index contributed by atoms with van der Waals surface area (Å²) in [5.74, 6) is 0.793. The summed E-state index contributed by atoms with van der Waals surface area (Å²) in [6.45, 7) is 0.618. The third-order valence-corrected chi connectivity index (χ3v) is 5.33. The van der Waals surface area contributed by atoms with Crippen LogP contribution in [0.5, 0.6) is 5.75 Å². The maximum absolute atomic E-state index is 12.4. The van der Waals surface area contributed by atoms with Crippen molar-refractivity contribution in [3.63, 3.8) is 0 Å². The molecule has 0 spiro atoms. The van der Waals surface area contributed by atoms with E-state index in [0.717, 1.165) is 17.5 Å². The molecule has 2 aromatic rings. The first-order valence-electron chi connectivity index (χ1n) is 8.57. The van der Waals surface area contributed by atoms with Crippen molar-refractivity contribution in [1.82, 2.24) is 5.32 Å². The predicted octanol–water partition coefficient (Wildman–Crippen LogP) is 4.48. The molecule has 0 amide bonds. The molecule has 146 valence electrons. The highest BCUT2D eigenvalue weighted by molar-refractivity contribution is 6.42. The molecule has 4 nitrogen and oxygen atoms in total. The number of hydrogen-bond donors (Lipinski definition) is 2. The Balaban J connectivity index is 0.00000261. The smallest absolute Gasteiger partial charge is 0.163 e. The molecule has 0 saturated carbocycles. The van der Waals surface area contributed by atoms with Gasteiger partial charge >= 0.3 is 0 Å². The van der Waals surface area contributed by atoms with Gasteiger partial charge in [0.25, 0.3) is 0 Å². The first kappa shape index (κ1) is 22.0. The van der Waals surface area contributed by atoms with Crippen molar-refractivity contribution >= 4 is 41.4 Å². The molecule has 27 heavy (non-hydrogen) atoms. The molecule has 3 rings (SSSR count). The number of aliphatic hydroxyl groups excluding tert-OH is 1. The average molecular weight is 431 g/mol. The summed E-state index contributed by atoms with van der Waals surface area (Å²) in [6, 6.07) is 11.2. The minimum atomic E-state index is -0.601. The highest BCUT2D eigenvalue weighted by Crippen LogP contribution is 2.39. The van der Waals surface area contributed by atoms with E-state index < -0.39 is 6.10 Å². The van der Waals surface area contributed by atoms with E-state index in [2.05, 4.69) is 5.32 Å². The quantitative estimate of drug-likeness (QED) is 0.709. The Hall–Kier alpha value is -1.30. The van der Waals surface area contributed by atoms with Crippen molar-refractivity contribution in [1.29, 1.82) is 0 Å². The zero-order chi connectivity index (χ0) is 18.7. The standard InChI is InChI=1S/C20H21Cl2NO3.ClH/c1-23-10-13(24)11-26-14-3-4-16-15(5-7-20(25)17(16)9-14)12-2-6-18(21)19(22)8-12;/h2-4,6,8-9,13,15,23-24H,5,7,10-11H2,1H3;1H. The van der Waals surface area contributed by atoms with Gasteiger partial charge in [-0.3, -0.25) is 4.79 Å². The summed E-state index contributed by atoms with van der Waals surface area (Å²) in [4.78, 5) is 12.4. The summed E-state index contributed by atoms with van der Waals surface area (Å²) >= 11 is 12.2. The zero-order valence-corrected chi connectivity index (χ0v) is 17.2. The number of ketones is 1. The van der Waals surface area contributed by atoms with Gasteiger partial charge in [0.15, 0.2) is 5.78 Å². The number of halogens is 3. The van der Waals surface area contributed by atoms with Crippen molar-refractivity contribution in [3.05, 3.63) is 63.1 Å². The predicted molar refractivity (Wildman–Crippen MR) is 111 cm³/mol. The molecule has 0 aromatic heterocycles. The van der Waals surface area contributed by atoms with Crippen LogP contribution in [0.4, 0.5) is 0 Å². The first-order valence-corrected chi connectivity index (χ1v) is 9.32. The molecule has 0 bridgehead atoms. The fraction of sp³-hybridized carbons (Fsp3) is 0.350. The minimum Gasteiger partial charge on any atom is -0.491 e. The van der Waals surface area contributed by atoms with Gasteiger partial charge in [-0.05, 0) is 48.9 Å². The Morgan fingerprint density at radius 2 is 2.00 bits per heavy atom. The molecular formula is C20H22Cl3NO3. The molecule has 0 fully saturated rings. The van der Waals surface area contributed by atoms with Crippen LogP contribution in [0.15, 0.2) is 36.4 Å². The molecule has 0 aliphatic heterocycles. The van der Waals surface area contributed by atoms with Crippen LogP contribution in [-0.4, -0.2) is 37.2 Å². The van der Waals surface area contributed by atoms with E-state index in [0.29, 0.717) is 34.3 Å². The van der Waals surface area contributed by atoms with Gasteiger partial charge < -0.3 is 15.2 Å². The summed E-state index contributed by atoms with van der Waals surface area (Å²) in [6.07, 6.45) is 0.616. The van der Waals surface area contributed by atoms with Crippen LogP contribution in [0, 0.1) is 0 Å². The van der Waals surface area contributed by atoms with Crippen LogP contribution >= 0.6 is 35.6 Å². The molecule has 2 atom stereocenters. The second-order valence-corrected chi connectivity index (χ2v) is 7.27. The van der Waals surface area contributed by atoms with Crippen LogP contribution in [0.2, 0.25) is 10.0 Å². The van der Waals surface area contributed by atoms with Crippen LogP contribution < -0.4 is 10.1 Å². The van der Waals surface area contributed by atoms with E-state index in [4.69, 9.17) is 27.9 Å². The van der Waals surface area contributed by atoms with Gasteiger partial charge in [-0.1, -0.05) is 35.3 Å². The monoisotopic (exact) mass is 429 g/mol. The highest BCUT2D eigenvalue weighted by Gasteiger charge is 2.27. The number of ether oxygens (including phenoxy) is 1. The molecule has 7 heteroatoms. The highest BCUT2D eigenvalue weighted by atomic mass is 35.5. The molecule has 0 heterocycles. The second kappa shape index (κ2) is 9.76. The fourth-order valence-corrected chi connectivity index (χ4v) is 3.60. The number of likely N-dealkylation sites (N-methyl/N-ethyl adjacent to an activating group) is 1. The van der Waals surface area contributed by atoms with Gasteiger partial charge in [0.2, 0.25) is 0 Å². The van der Waals surface area contributed by atoms with Crippen molar-refractivity contribution in [2.75, 3.05) is 20.2 Å². The summed E-state index contributed by atoms with van der Waals surface area (Å²) in [5, 5.41) is 13.7. The number of hydrogen-bond acceptors (Lipinski definition) is 4. The second-order valence-electron chi connectivity index (χ2n) is 6.46. The van der Waals surface area contributed by atoms with Crippen LogP contribution in [0.1, 0.15) is 40.2 Å². The third kappa shape index (κ3) is 5.15. The van der Waals surface area contributed by atoms with Gasteiger partial charge in [-0.15, -0.1) is 12.4 Å². The first-order chi connectivity index (χ1) is 12.5. The van der Waals surface area contributed by atoms with E-state index >= 15 is 0 Å². The van der Waals surface area contributed by atoms with Gasteiger partial charge in [0.05, 0.1) is 10.0 Å². The topological polar surface area (TPSA) is 58.6 Å². The van der Waals surface area contributed by atoms with Crippen molar-refractivity contribution in [2.45, 2.75) is 24.9 Å². The summed E-state index contributed by atoms with van der Waals surface area (Å²) in [7, 11) is 1.77. The summed E-state index contributed by atoms with van der Waals surface area (Å²) in [5.41, 5.74) is 2.70. The van der Waals surface area contributed by atoms with Crippen LogP contribution in [-0.2, 0) is 0 Å². The minimum absolute atomic E-state index is 0. The molecule has 1 aliphatic carbocycles. The lowest BCUT2D eigenvalue weighted by molar-refractivity contribution is 0.0967. The molecule has 1 aliphatic rings. The largest absolute Gasteiger partial charge is 0.491 e. The van der Waals surface area contributed by atoms with E-state index in [1.54, 1.807) is 19.2 Å². The van der Waals surface area contributed by atoms with Crippen LogP contribution in [0.3, 0.4) is 0 Å². The van der Waals surface area contributed by atoms with Gasteiger partial charge in [-0.2, -0.15) is 0 Å². The Labute approximate surface area is 175 Å². The van der Waals surface area contributed by atoms with Gasteiger partial charge in [-0.25, -0.2) is 0 Å². The number of fused-ring (bicyclic) bond motifs is 1. The molecule has 2 unspecified atom stereocenters. The number of carbonyl (C=O) groups excluding carboxylic acids is 1. The van der Waals surface area contributed by atoms with Gasteiger partial charge in [0, 0.05) is 24.4 Å². The van der Waals surface area contributed by atoms with Crippen molar-refractivity contribution in [2.24, 2.45) is 0 Å². The molecule has 2 N–H and O–H groups in total. The number of aliphatic hydroxyl groups is 1. The number of carbonyl (C=O) groups is 1. The average Bonchev–Trinajstić information content (AvgIpc) is 2.63. The third-order valence-electron chi connectivity index (χ3n) is 4.59. The van der Waals surface area contributed by atoms with E-state index in [9.17, 15) is 9.90 Å². The summed E-state index contributed by atoms with van der Waals surface area (Å²) < 4.78 is 5.63. The molecule has 0 radical (unpaired) electrons. The normalized spacial score (nSPS) is 17.0. The van der Waals surface area contributed by atoms with Crippen LogP contribution in [0.25, 0.3) is 0 Å². The van der Waals surface area contributed by atoms with Crippen molar-refractivity contribution < 1.29 is 14.6 Å². The maximum Gasteiger partial charge on any atom is 0.163 e. The number of rotatable bonds is 6. The maximum atomic E-state index is 12.4. The number of benzene rings is 2. The zero-order valence-electron chi connectivity index (χ0n) is 14.9. The van der Waals surface area contributed by atoms with E-state index in [-0.39, 0.29) is 30.7 Å². The SMILES string of the molecule is CNCC(O)COc1ccc2c(c1)C(=O)CCC2c1ccc(Cl)c(Cl)c1.Cl. The molecular weight excluding hydrogens is 409 g/mol. The Morgan fingerprint density at radius 3 is 2.70 bits per heavy atom. The lowest BCUT2D eigenvalue weighted by atomic mass is 9.78. The molecule has 0 saturated heterocycles. The lowest BCUT2D eigenvalue weighted by Crippen LogP contribution is -2.29. The van der Waals surface area contributed by atoms with Gasteiger partial charge in [0.1, 0.15) is 18.5 Å². The lowest BCUT2D eigenvalue weighted by Gasteiger charge is -2.26.